The third-order valence-corrected chi connectivity index (χ3v) is 3.90. The Labute approximate surface area is 128 Å². The molecule has 4 heteroatoms. The highest BCUT2D eigenvalue weighted by Crippen LogP contribution is 2.19. The Morgan fingerprint density at radius 1 is 1.05 bits per heavy atom. The summed E-state index contributed by atoms with van der Waals surface area (Å²) in [5.74, 6) is -0.275. The molecule has 0 saturated carbocycles. The zero-order chi connectivity index (χ0) is 13.8. The molecule has 0 atom stereocenters. The Balaban J connectivity index is 2.07. The molecule has 0 aliphatic rings. The van der Waals surface area contributed by atoms with Crippen LogP contribution >= 0.6 is 31.9 Å². The van der Waals surface area contributed by atoms with E-state index in [4.69, 9.17) is 0 Å². The van der Waals surface area contributed by atoms with E-state index in [0.29, 0.717) is 16.5 Å². The molecule has 0 aromatic heterocycles. The van der Waals surface area contributed by atoms with Crippen LogP contribution in [0.2, 0.25) is 0 Å². The summed E-state index contributed by atoms with van der Waals surface area (Å²) >= 11 is 6.64. The highest BCUT2D eigenvalue weighted by molar-refractivity contribution is 9.10. The van der Waals surface area contributed by atoms with Crippen LogP contribution < -0.4 is 0 Å². The summed E-state index contributed by atoms with van der Waals surface area (Å²) in [7, 11) is 0. The van der Waals surface area contributed by atoms with Crippen molar-refractivity contribution in [3.05, 3.63) is 68.4 Å². The first-order chi connectivity index (χ1) is 9.04. The minimum absolute atomic E-state index is 0.0596. The van der Waals surface area contributed by atoms with Gasteiger partial charge in [0.2, 0.25) is 0 Å². The zero-order valence-corrected chi connectivity index (χ0v) is 13.2. The van der Waals surface area contributed by atoms with Crippen molar-refractivity contribution < 1.29 is 9.18 Å². The van der Waals surface area contributed by atoms with E-state index >= 15 is 0 Å². The molecule has 0 N–H and O–H groups in total. The lowest BCUT2D eigenvalue weighted by Gasteiger charge is -2.05. The Morgan fingerprint density at radius 2 is 1.79 bits per heavy atom. The average molecular weight is 386 g/mol. The predicted molar refractivity (Wildman–Crippen MR) is 80.7 cm³/mol. The molecule has 0 spiro atoms. The fourth-order valence-corrected chi connectivity index (χ4v) is 2.80. The van der Waals surface area contributed by atoms with Crippen LogP contribution in [0.15, 0.2) is 51.4 Å². The molecule has 0 saturated heterocycles. The van der Waals surface area contributed by atoms with Crippen molar-refractivity contribution in [2.24, 2.45) is 0 Å². The van der Waals surface area contributed by atoms with Gasteiger partial charge in [0.15, 0.2) is 0 Å². The smallest absolute Gasteiger partial charge is 0.141 e. The van der Waals surface area contributed by atoms with Crippen molar-refractivity contribution in [2.45, 2.75) is 12.8 Å². The van der Waals surface area contributed by atoms with Gasteiger partial charge in [-0.2, -0.15) is 0 Å². The van der Waals surface area contributed by atoms with Crippen LogP contribution in [0.4, 0.5) is 4.39 Å². The molecule has 98 valence electrons. The van der Waals surface area contributed by atoms with E-state index in [1.165, 1.54) is 12.1 Å². The number of carbonyl (C=O) groups is 1. The van der Waals surface area contributed by atoms with Gasteiger partial charge in [0, 0.05) is 21.8 Å². The van der Waals surface area contributed by atoms with Gasteiger partial charge in [-0.1, -0.05) is 50.1 Å². The molecule has 0 unspecified atom stereocenters. The van der Waals surface area contributed by atoms with Gasteiger partial charge in [0.25, 0.3) is 0 Å². The van der Waals surface area contributed by atoms with E-state index < -0.39 is 0 Å². The van der Waals surface area contributed by atoms with E-state index in [-0.39, 0.29) is 18.0 Å². The first-order valence-corrected chi connectivity index (χ1v) is 7.33. The van der Waals surface area contributed by atoms with Gasteiger partial charge in [0.05, 0.1) is 0 Å². The molecule has 0 aliphatic carbocycles. The second-order valence-corrected chi connectivity index (χ2v) is 6.03. The van der Waals surface area contributed by atoms with E-state index in [2.05, 4.69) is 31.9 Å². The third-order valence-electron chi connectivity index (χ3n) is 2.67. The topological polar surface area (TPSA) is 17.1 Å². The van der Waals surface area contributed by atoms with Gasteiger partial charge in [-0.3, -0.25) is 4.79 Å². The lowest BCUT2D eigenvalue weighted by Crippen LogP contribution is -2.07. The van der Waals surface area contributed by atoms with Crippen LogP contribution in [0.1, 0.15) is 11.1 Å². The van der Waals surface area contributed by atoms with Crippen LogP contribution in [-0.4, -0.2) is 5.78 Å². The summed E-state index contributed by atoms with van der Waals surface area (Å²) in [6, 6.07) is 12.1. The molecule has 0 aliphatic heterocycles. The maximum absolute atomic E-state index is 13.2. The number of ketones is 1. The Bertz CT molecular complexity index is 591. The summed E-state index contributed by atoms with van der Waals surface area (Å²) in [6.07, 6.45) is 0.577. The van der Waals surface area contributed by atoms with Crippen LogP contribution in [-0.2, 0) is 17.6 Å². The molecular weight excluding hydrogens is 375 g/mol. The normalized spacial score (nSPS) is 10.5. The average Bonchev–Trinajstić information content (AvgIpc) is 2.30. The fraction of sp³-hybridized carbons (Fsp3) is 0.133. The molecule has 2 aromatic carbocycles. The number of hydrogen-bond donors (Lipinski definition) is 0. The molecule has 0 heterocycles. The summed E-state index contributed by atoms with van der Waals surface area (Å²) < 4.78 is 14.8. The monoisotopic (exact) mass is 384 g/mol. The molecule has 2 aromatic rings. The summed E-state index contributed by atoms with van der Waals surface area (Å²) in [6.45, 7) is 0. The van der Waals surface area contributed by atoms with Gasteiger partial charge < -0.3 is 0 Å². The molecule has 2 rings (SSSR count). The minimum atomic E-state index is -0.335. The second-order valence-electron chi connectivity index (χ2n) is 4.26. The minimum Gasteiger partial charge on any atom is -0.299 e. The van der Waals surface area contributed by atoms with E-state index in [9.17, 15) is 9.18 Å². The fourth-order valence-electron chi connectivity index (χ4n) is 1.86. The van der Waals surface area contributed by atoms with Crippen LogP contribution in [0.5, 0.6) is 0 Å². The first kappa shape index (κ1) is 14.4. The third kappa shape index (κ3) is 4.25. The molecule has 0 radical (unpaired) electrons. The quantitative estimate of drug-likeness (QED) is 0.745. The number of benzene rings is 2. The predicted octanol–water partition coefficient (Wildman–Crippen LogP) is 4.71. The number of halogens is 3. The van der Waals surface area contributed by atoms with Gasteiger partial charge in [0.1, 0.15) is 11.6 Å². The Kier molecular flexibility index (Phi) is 4.88. The van der Waals surface area contributed by atoms with Crippen molar-refractivity contribution in [1.82, 2.24) is 0 Å². The van der Waals surface area contributed by atoms with E-state index in [1.54, 1.807) is 6.07 Å². The highest BCUT2D eigenvalue weighted by atomic mass is 79.9. The number of Topliss-reactive ketones (excluding diaryl/α,β-unsaturated/α-hetero) is 1. The Hall–Kier alpha value is -1.00. The lowest BCUT2D eigenvalue weighted by atomic mass is 10.0. The van der Waals surface area contributed by atoms with Crippen molar-refractivity contribution in [1.29, 1.82) is 0 Å². The van der Waals surface area contributed by atoms with Crippen molar-refractivity contribution in [3.63, 3.8) is 0 Å². The van der Waals surface area contributed by atoms with Gasteiger partial charge >= 0.3 is 0 Å². The molecular formula is C15H11Br2FO. The molecule has 1 nitrogen and oxygen atoms in total. The standard InChI is InChI=1S/C15H11Br2FO/c16-12-5-10(6-13(18)9-12)7-14(19)8-11-3-1-2-4-15(11)17/h1-6,9H,7-8H2. The largest absolute Gasteiger partial charge is 0.299 e. The maximum Gasteiger partial charge on any atom is 0.141 e. The number of carbonyl (C=O) groups excluding carboxylic acids is 1. The molecule has 19 heavy (non-hydrogen) atoms. The second kappa shape index (κ2) is 6.44. The van der Waals surface area contributed by atoms with E-state index in [1.807, 2.05) is 24.3 Å². The summed E-state index contributed by atoms with van der Waals surface area (Å²) in [4.78, 5) is 12.0. The molecule has 0 amide bonds. The highest BCUT2D eigenvalue weighted by Gasteiger charge is 2.09. The SMILES string of the molecule is O=C(Cc1cc(F)cc(Br)c1)Cc1ccccc1Br. The van der Waals surface area contributed by atoms with Gasteiger partial charge in [-0.25, -0.2) is 4.39 Å². The lowest BCUT2D eigenvalue weighted by molar-refractivity contribution is -0.117. The van der Waals surface area contributed by atoms with Crippen molar-refractivity contribution >= 4 is 37.6 Å². The maximum atomic E-state index is 13.2. The van der Waals surface area contributed by atoms with Crippen LogP contribution in [0, 0.1) is 5.82 Å². The van der Waals surface area contributed by atoms with Gasteiger partial charge in [-0.15, -0.1) is 0 Å². The molecule has 0 bridgehead atoms. The molecule has 0 fully saturated rings. The Morgan fingerprint density at radius 3 is 2.47 bits per heavy atom. The zero-order valence-electron chi connectivity index (χ0n) is 10.00. The van der Waals surface area contributed by atoms with Crippen LogP contribution in [0.25, 0.3) is 0 Å². The first-order valence-electron chi connectivity index (χ1n) is 5.74. The van der Waals surface area contributed by atoms with E-state index in [0.717, 1.165) is 10.0 Å². The summed E-state index contributed by atoms with van der Waals surface area (Å²) in [5, 5.41) is 0. The number of hydrogen-bond acceptors (Lipinski definition) is 1. The van der Waals surface area contributed by atoms with Crippen LogP contribution in [0.3, 0.4) is 0 Å². The summed E-state index contributed by atoms with van der Waals surface area (Å²) in [5.41, 5.74) is 1.63. The number of rotatable bonds is 4. The van der Waals surface area contributed by atoms with Crippen molar-refractivity contribution in [2.75, 3.05) is 0 Å². The van der Waals surface area contributed by atoms with Gasteiger partial charge in [-0.05, 0) is 35.4 Å². The van der Waals surface area contributed by atoms with Crippen molar-refractivity contribution in [3.8, 4) is 0 Å².